The van der Waals surface area contributed by atoms with E-state index in [1.807, 2.05) is 0 Å². The van der Waals surface area contributed by atoms with Gasteiger partial charge in [-0.3, -0.25) is 4.79 Å². The molecule has 0 bridgehead atoms. The van der Waals surface area contributed by atoms with Crippen molar-refractivity contribution in [1.29, 1.82) is 0 Å². The summed E-state index contributed by atoms with van der Waals surface area (Å²) in [5, 5.41) is 9.62. The molecular weight excluding hydrogens is 244 g/mol. The van der Waals surface area contributed by atoms with Crippen molar-refractivity contribution in [3.05, 3.63) is 29.3 Å². The fourth-order valence-electron chi connectivity index (χ4n) is 1.41. The van der Waals surface area contributed by atoms with Gasteiger partial charge in [-0.15, -0.1) is 11.6 Å². The maximum atomic E-state index is 11.7. The van der Waals surface area contributed by atoms with Gasteiger partial charge >= 0.3 is 5.97 Å². The number of ketones is 1. The van der Waals surface area contributed by atoms with E-state index >= 15 is 0 Å². The Kier molecular flexibility index (Phi) is 4.97. The normalized spacial score (nSPS) is 10.0. The van der Waals surface area contributed by atoms with Crippen LogP contribution in [0.25, 0.3) is 0 Å². The molecule has 1 aromatic carbocycles. The van der Waals surface area contributed by atoms with Gasteiger partial charge < -0.3 is 9.84 Å². The molecule has 0 unspecified atom stereocenters. The Morgan fingerprint density at radius 3 is 2.71 bits per heavy atom. The highest BCUT2D eigenvalue weighted by molar-refractivity contribution is 6.20. The fraction of sp³-hybridized carbons (Fsp3) is 0.333. The first-order chi connectivity index (χ1) is 8.11. The van der Waals surface area contributed by atoms with Crippen molar-refractivity contribution in [3.63, 3.8) is 0 Å². The van der Waals surface area contributed by atoms with Crippen molar-refractivity contribution in [2.75, 3.05) is 12.5 Å². The van der Waals surface area contributed by atoms with E-state index in [0.717, 1.165) is 0 Å². The number of rotatable bonds is 5. The Labute approximate surface area is 104 Å². The Balaban J connectivity index is 3.17. The average molecular weight is 257 g/mol. The Hall–Kier alpha value is -1.55. The summed E-state index contributed by atoms with van der Waals surface area (Å²) in [6.07, 6.45) is 0.109. The standard InChI is InChI=1S/C12H13ClO4/c1-2-17-12(16)11-8(9(14)6-7-13)4-3-5-10(11)15/h3-5,15H,2,6-7H2,1H3. The third-order valence-electron chi connectivity index (χ3n) is 2.14. The zero-order chi connectivity index (χ0) is 12.8. The average Bonchev–Trinajstić information content (AvgIpc) is 2.29. The summed E-state index contributed by atoms with van der Waals surface area (Å²) in [5.74, 6) is -1.09. The zero-order valence-corrected chi connectivity index (χ0v) is 10.2. The number of Topliss-reactive ketones (excluding diaryl/α,β-unsaturated/α-hetero) is 1. The number of phenolic OH excluding ortho intramolecular Hbond substituents is 1. The number of ether oxygens (including phenoxy) is 1. The summed E-state index contributed by atoms with van der Waals surface area (Å²) >= 11 is 5.48. The van der Waals surface area contributed by atoms with Gasteiger partial charge in [0.15, 0.2) is 5.78 Å². The molecule has 0 fully saturated rings. The Morgan fingerprint density at radius 1 is 1.41 bits per heavy atom. The maximum absolute atomic E-state index is 11.7. The molecule has 0 aliphatic carbocycles. The minimum Gasteiger partial charge on any atom is -0.507 e. The van der Waals surface area contributed by atoms with Gasteiger partial charge in [0.1, 0.15) is 11.3 Å². The van der Waals surface area contributed by atoms with Crippen LogP contribution in [0.3, 0.4) is 0 Å². The van der Waals surface area contributed by atoms with Crippen molar-refractivity contribution in [2.24, 2.45) is 0 Å². The SMILES string of the molecule is CCOC(=O)c1c(O)cccc1C(=O)CCCl. The second-order valence-electron chi connectivity index (χ2n) is 3.28. The monoisotopic (exact) mass is 256 g/mol. The number of hydrogen-bond donors (Lipinski definition) is 1. The molecule has 0 aliphatic heterocycles. The lowest BCUT2D eigenvalue weighted by atomic mass is 10.0. The summed E-state index contributed by atoms with van der Waals surface area (Å²) in [6.45, 7) is 1.83. The minimum absolute atomic E-state index is 0.0931. The number of halogens is 1. The van der Waals surface area contributed by atoms with Crippen LogP contribution in [0.5, 0.6) is 5.75 Å². The van der Waals surface area contributed by atoms with E-state index in [0.29, 0.717) is 0 Å². The van der Waals surface area contributed by atoms with Crippen LogP contribution in [0.1, 0.15) is 34.1 Å². The molecule has 0 spiro atoms. The van der Waals surface area contributed by atoms with Crippen LogP contribution in [0, 0.1) is 0 Å². The lowest BCUT2D eigenvalue weighted by molar-refractivity contribution is 0.0519. The number of benzene rings is 1. The van der Waals surface area contributed by atoms with Crippen LogP contribution in [-0.4, -0.2) is 29.3 Å². The van der Waals surface area contributed by atoms with Crippen molar-refractivity contribution >= 4 is 23.4 Å². The second kappa shape index (κ2) is 6.25. The molecule has 0 saturated carbocycles. The Bertz CT molecular complexity index is 429. The van der Waals surface area contributed by atoms with Gasteiger partial charge in [-0.1, -0.05) is 12.1 Å². The van der Waals surface area contributed by atoms with Gasteiger partial charge in [0.25, 0.3) is 0 Å². The van der Waals surface area contributed by atoms with Gasteiger partial charge in [-0.25, -0.2) is 4.79 Å². The summed E-state index contributed by atoms with van der Waals surface area (Å²) in [5.41, 5.74) is 0.0496. The molecule has 0 amide bonds. The molecule has 0 aliphatic rings. The molecule has 1 N–H and O–H groups in total. The van der Waals surface area contributed by atoms with Crippen molar-refractivity contribution in [2.45, 2.75) is 13.3 Å². The summed E-state index contributed by atoms with van der Waals surface area (Å²) in [4.78, 5) is 23.4. The number of alkyl halides is 1. The molecule has 5 heteroatoms. The predicted octanol–water partition coefficient (Wildman–Crippen LogP) is 2.38. The highest BCUT2D eigenvalue weighted by Crippen LogP contribution is 2.23. The highest BCUT2D eigenvalue weighted by atomic mass is 35.5. The van der Waals surface area contributed by atoms with E-state index in [-0.39, 0.29) is 41.6 Å². The number of carbonyl (C=O) groups is 2. The van der Waals surface area contributed by atoms with Crippen LogP contribution in [0.4, 0.5) is 0 Å². The van der Waals surface area contributed by atoms with E-state index in [1.54, 1.807) is 6.92 Å². The van der Waals surface area contributed by atoms with E-state index < -0.39 is 5.97 Å². The summed E-state index contributed by atoms with van der Waals surface area (Å²) in [6, 6.07) is 4.31. The number of esters is 1. The first-order valence-electron chi connectivity index (χ1n) is 5.20. The van der Waals surface area contributed by atoms with Crippen LogP contribution in [0.2, 0.25) is 0 Å². The number of aromatic hydroxyl groups is 1. The predicted molar refractivity (Wildman–Crippen MR) is 63.7 cm³/mol. The van der Waals surface area contributed by atoms with E-state index in [4.69, 9.17) is 16.3 Å². The lowest BCUT2D eigenvalue weighted by Crippen LogP contribution is -2.12. The molecule has 1 rings (SSSR count). The van der Waals surface area contributed by atoms with Crippen LogP contribution in [-0.2, 0) is 4.74 Å². The molecule has 0 radical (unpaired) electrons. The molecule has 4 nitrogen and oxygen atoms in total. The van der Waals surface area contributed by atoms with Gasteiger partial charge in [0, 0.05) is 17.9 Å². The number of hydrogen-bond acceptors (Lipinski definition) is 4. The largest absolute Gasteiger partial charge is 0.507 e. The maximum Gasteiger partial charge on any atom is 0.342 e. The topological polar surface area (TPSA) is 63.6 Å². The van der Waals surface area contributed by atoms with Gasteiger partial charge in [0.2, 0.25) is 0 Å². The molecule has 0 aromatic heterocycles. The molecule has 17 heavy (non-hydrogen) atoms. The molecule has 92 valence electrons. The Morgan fingerprint density at radius 2 is 2.12 bits per heavy atom. The molecule has 1 aromatic rings. The third-order valence-corrected chi connectivity index (χ3v) is 2.33. The summed E-state index contributed by atoms with van der Waals surface area (Å²) < 4.78 is 4.79. The number of phenols is 1. The zero-order valence-electron chi connectivity index (χ0n) is 9.40. The van der Waals surface area contributed by atoms with Gasteiger partial charge in [-0.05, 0) is 13.0 Å². The minimum atomic E-state index is -0.705. The third kappa shape index (κ3) is 3.20. The van der Waals surface area contributed by atoms with E-state index in [1.165, 1.54) is 18.2 Å². The van der Waals surface area contributed by atoms with Crippen molar-refractivity contribution < 1.29 is 19.4 Å². The van der Waals surface area contributed by atoms with Gasteiger partial charge in [-0.2, -0.15) is 0 Å². The highest BCUT2D eigenvalue weighted by Gasteiger charge is 2.21. The summed E-state index contributed by atoms with van der Waals surface area (Å²) in [7, 11) is 0. The fourth-order valence-corrected chi connectivity index (χ4v) is 1.58. The van der Waals surface area contributed by atoms with Crippen LogP contribution in [0.15, 0.2) is 18.2 Å². The van der Waals surface area contributed by atoms with Crippen molar-refractivity contribution in [3.8, 4) is 5.75 Å². The molecule has 0 heterocycles. The second-order valence-corrected chi connectivity index (χ2v) is 3.66. The van der Waals surface area contributed by atoms with Gasteiger partial charge in [0.05, 0.1) is 6.61 Å². The molecular formula is C12H13ClO4. The smallest absolute Gasteiger partial charge is 0.342 e. The molecule has 0 saturated heterocycles. The lowest BCUT2D eigenvalue weighted by Gasteiger charge is -2.09. The van der Waals surface area contributed by atoms with Crippen LogP contribution < -0.4 is 0 Å². The van der Waals surface area contributed by atoms with Crippen LogP contribution >= 0.6 is 11.6 Å². The first-order valence-corrected chi connectivity index (χ1v) is 5.73. The first kappa shape index (κ1) is 13.5. The molecule has 0 atom stereocenters. The van der Waals surface area contributed by atoms with Crippen molar-refractivity contribution in [1.82, 2.24) is 0 Å². The quantitative estimate of drug-likeness (QED) is 0.499. The van der Waals surface area contributed by atoms with E-state index in [9.17, 15) is 14.7 Å². The van der Waals surface area contributed by atoms with E-state index in [2.05, 4.69) is 0 Å². The number of carbonyl (C=O) groups excluding carboxylic acids is 2.